The van der Waals surface area contributed by atoms with Crippen LogP contribution in [0.25, 0.3) is 0 Å². The van der Waals surface area contributed by atoms with E-state index in [1.165, 1.54) is 12.1 Å². The summed E-state index contributed by atoms with van der Waals surface area (Å²) in [6, 6.07) is 4.38. The molecule has 134 valence electrons. The van der Waals surface area contributed by atoms with Crippen molar-refractivity contribution in [2.45, 2.75) is 33.2 Å². The predicted molar refractivity (Wildman–Crippen MR) is 93.8 cm³/mol. The molecule has 1 unspecified atom stereocenters. The molecule has 2 N–H and O–H groups in total. The van der Waals surface area contributed by atoms with Crippen molar-refractivity contribution in [3.63, 3.8) is 0 Å². The SMILES string of the molecule is CCOc1ccc(C(=O)N2CCC(N)C(C)(C)C2)cc1[N+](=O)[O-].Cl. The fourth-order valence-corrected chi connectivity index (χ4v) is 2.80. The van der Waals surface area contributed by atoms with Gasteiger partial charge in [0.2, 0.25) is 0 Å². The number of amides is 1. The van der Waals surface area contributed by atoms with E-state index in [4.69, 9.17) is 10.5 Å². The van der Waals surface area contributed by atoms with Crippen molar-refractivity contribution in [2.24, 2.45) is 11.1 Å². The fourth-order valence-electron chi connectivity index (χ4n) is 2.80. The van der Waals surface area contributed by atoms with Gasteiger partial charge < -0.3 is 15.4 Å². The van der Waals surface area contributed by atoms with Crippen LogP contribution < -0.4 is 10.5 Å². The highest BCUT2D eigenvalue weighted by atomic mass is 35.5. The minimum Gasteiger partial charge on any atom is -0.487 e. The van der Waals surface area contributed by atoms with Crippen LogP contribution in [0, 0.1) is 15.5 Å². The van der Waals surface area contributed by atoms with Gasteiger partial charge in [-0.15, -0.1) is 12.4 Å². The average molecular weight is 358 g/mol. The van der Waals surface area contributed by atoms with E-state index in [1.54, 1.807) is 17.9 Å². The van der Waals surface area contributed by atoms with E-state index in [2.05, 4.69) is 0 Å². The number of carbonyl (C=O) groups excluding carboxylic acids is 1. The van der Waals surface area contributed by atoms with E-state index in [1.807, 2.05) is 13.8 Å². The average Bonchev–Trinajstić information content (AvgIpc) is 2.49. The Kier molecular flexibility index (Phi) is 6.57. The molecule has 0 aliphatic carbocycles. The summed E-state index contributed by atoms with van der Waals surface area (Å²) in [7, 11) is 0. The molecule has 1 atom stereocenters. The van der Waals surface area contributed by atoms with Crippen LogP contribution in [0.5, 0.6) is 5.75 Å². The maximum absolute atomic E-state index is 12.7. The second kappa shape index (κ2) is 7.81. The van der Waals surface area contributed by atoms with Gasteiger partial charge in [-0.3, -0.25) is 14.9 Å². The molecule has 0 spiro atoms. The number of likely N-dealkylation sites (tertiary alicyclic amines) is 1. The van der Waals surface area contributed by atoms with E-state index in [9.17, 15) is 14.9 Å². The number of nitrogens with zero attached hydrogens (tertiary/aromatic N) is 2. The summed E-state index contributed by atoms with van der Waals surface area (Å²) in [6.07, 6.45) is 0.720. The van der Waals surface area contributed by atoms with Crippen LogP contribution in [-0.2, 0) is 0 Å². The number of rotatable bonds is 4. The highest BCUT2D eigenvalue weighted by Crippen LogP contribution is 2.31. The monoisotopic (exact) mass is 357 g/mol. The van der Waals surface area contributed by atoms with Gasteiger partial charge in [0.15, 0.2) is 5.75 Å². The second-order valence-corrected chi connectivity index (χ2v) is 6.48. The van der Waals surface area contributed by atoms with Gasteiger partial charge in [0, 0.05) is 30.8 Å². The first kappa shape index (κ1) is 20.2. The molecule has 0 radical (unpaired) electrons. The number of carbonyl (C=O) groups is 1. The number of benzene rings is 1. The summed E-state index contributed by atoms with van der Waals surface area (Å²) in [4.78, 5) is 25.0. The normalized spacial score (nSPS) is 19.3. The lowest BCUT2D eigenvalue weighted by atomic mass is 9.79. The van der Waals surface area contributed by atoms with Crippen LogP contribution >= 0.6 is 12.4 Å². The molecule has 1 aromatic rings. The molecule has 1 aromatic carbocycles. The van der Waals surface area contributed by atoms with Crippen LogP contribution in [0.2, 0.25) is 0 Å². The number of nitro benzene ring substituents is 1. The third kappa shape index (κ3) is 4.15. The van der Waals surface area contributed by atoms with Crippen LogP contribution in [0.1, 0.15) is 37.6 Å². The van der Waals surface area contributed by atoms with Gasteiger partial charge in [-0.1, -0.05) is 13.8 Å². The summed E-state index contributed by atoms with van der Waals surface area (Å²) in [5.74, 6) is -0.0360. The van der Waals surface area contributed by atoms with Crippen LogP contribution in [0.4, 0.5) is 5.69 Å². The lowest BCUT2D eigenvalue weighted by Gasteiger charge is -2.42. The maximum atomic E-state index is 12.7. The molecule has 1 saturated heterocycles. The van der Waals surface area contributed by atoms with Gasteiger partial charge in [0.05, 0.1) is 11.5 Å². The largest absolute Gasteiger partial charge is 0.487 e. The number of nitro groups is 1. The Hall–Kier alpha value is -1.86. The molecule has 7 nitrogen and oxygen atoms in total. The zero-order chi connectivity index (χ0) is 17.2. The zero-order valence-corrected chi connectivity index (χ0v) is 15.0. The summed E-state index contributed by atoms with van der Waals surface area (Å²) in [5.41, 5.74) is 6.02. The standard InChI is InChI=1S/C16H23N3O4.ClH/c1-4-23-13-6-5-11(9-12(13)19(21)22)15(20)18-8-7-14(17)16(2,3)10-18;/h5-6,9,14H,4,7-8,10,17H2,1-3H3;1H. The third-order valence-electron chi connectivity index (χ3n) is 4.30. The quantitative estimate of drug-likeness (QED) is 0.659. The summed E-state index contributed by atoms with van der Waals surface area (Å²) in [5, 5.41) is 11.2. The Bertz CT molecular complexity index is 621. The molecule has 0 aromatic heterocycles. The Morgan fingerprint density at radius 1 is 1.50 bits per heavy atom. The Morgan fingerprint density at radius 3 is 2.71 bits per heavy atom. The van der Waals surface area contributed by atoms with Crippen molar-refractivity contribution >= 4 is 24.0 Å². The topological polar surface area (TPSA) is 98.7 Å². The van der Waals surface area contributed by atoms with Gasteiger partial charge in [-0.05, 0) is 30.9 Å². The molecule has 8 heteroatoms. The molecular formula is C16H24ClN3O4. The van der Waals surface area contributed by atoms with Crippen molar-refractivity contribution in [3.8, 4) is 5.75 Å². The summed E-state index contributed by atoms with van der Waals surface area (Å²) in [6.45, 7) is 7.22. The predicted octanol–water partition coefficient (Wildman–Crippen LogP) is 2.61. The highest BCUT2D eigenvalue weighted by Gasteiger charge is 2.36. The molecule has 1 amide bonds. The molecule has 24 heavy (non-hydrogen) atoms. The van der Waals surface area contributed by atoms with E-state index in [0.29, 0.717) is 25.3 Å². The van der Waals surface area contributed by atoms with Crippen LogP contribution in [0.3, 0.4) is 0 Å². The van der Waals surface area contributed by atoms with Crippen molar-refractivity contribution in [2.75, 3.05) is 19.7 Å². The van der Waals surface area contributed by atoms with E-state index in [0.717, 1.165) is 6.42 Å². The zero-order valence-electron chi connectivity index (χ0n) is 14.2. The number of nitrogens with two attached hydrogens (primary N) is 1. The van der Waals surface area contributed by atoms with Gasteiger partial charge in [0.1, 0.15) is 0 Å². The van der Waals surface area contributed by atoms with Gasteiger partial charge in [-0.2, -0.15) is 0 Å². The second-order valence-electron chi connectivity index (χ2n) is 6.48. The van der Waals surface area contributed by atoms with E-state index in [-0.39, 0.29) is 41.2 Å². The number of hydrogen-bond donors (Lipinski definition) is 1. The van der Waals surface area contributed by atoms with Crippen LogP contribution in [-0.4, -0.2) is 41.5 Å². The van der Waals surface area contributed by atoms with Crippen LogP contribution in [0.15, 0.2) is 18.2 Å². The summed E-state index contributed by atoms with van der Waals surface area (Å²) < 4.78 is 5.24. The van der Waals surface area contributed by atoms with Gasteiger partial charge >= 0.3 is 5.69 Å². The Balaban J connectivity index is 0.00000288. The smallest absolute Gasteiger partial charge is 0.311 e. The minimum absolute atomic E-state index is 0. The molecular weight excluding hydrogens is 334 g/mol. The fraction of sp³-hybridized carbons (Fsp3) is 0.562. The maximum Gasteiger partial charge on any atom is 0.311 e. The lowest BCUT2D eigenvalue weighted by Crippen LogP contribution is -2.54. The first-order valence-electron chi connectivity index (χ1n) is 7.72. The minimum atomic E-state index is -0.530. The first-order chi connectivity index (χ1) is 10.8. The molecule has 1 heterocycles. The molecule has 1 fully saturated rings. The summed E-state index contributed by atoms with van der Waals surface area (Å²) >= 11 is 0. The van der Waals surface area contributed by atoms with Crippen molar-refractivity contribution in [3.05, 3.63) is 33.9 Å². The molecule has 1 aliphatic rings. The Labute approximate surface area is 147 Å². The Morgan fingerprint density at radius 2 is 2.17 bits per heavy atom. The molecule has 1 aliphatic heterocycles. The van der Waals surface area contributed by atoms with Crippen molar-refractivity contribution < 1.29 is 14.5 Å². The van der Waals surface area contributed by atoms with Gasteiger partial charge in [-0.25, -0.2) is 0 Å². The molecule has 0 bridgehead atoms. The van der Waals surface area contributed by atoms with E-state index < -0.39 is 4.92 Å². The van der Waals surface area contributed by atoms with Gasteiger partial charge in [0.25, 0.3) is 5.91 Å². The lowest BCUT2D eigenvalue weighted by molar-refractivity contribution is -0.385. The highest BCUT2D eigenvalue weighted by molar-refractivity contribution is 5.95. The van der Waals surface area contributed by atoms with E-state index >= 15 is 0 Å². The number of piperidine rings is 1. The van der Waals surface area contributed by atoms with Crippen molar-refractivity contribution in [1.82, 2.24) is 4.90 Å². The number of hydrogen-bond acceptors (Lipinski definition) is 5. The van der Waals surface area contributed by atoms with Crippen molar-refractivity contribution in [1.29, 1.82) is 0 Å². The third-order valence-corrected chi connectivity index (χ3v) is 4.30. The first-order valence-corrected chi connectivity index (χ1v) is 7.72. The molecule has 0 saturated carbocycles. The number of ether oxygens (including phenoxy) is 1. The number of halogens is 1. The molecule has 2 rings (SSSR count).